The smallest absolute Gasteiger partial charge is 0.0835 e. The second-order valence-corrected chi connectivity index (χ2v) is 7.02. The number of methoxy groups -OCH3 is 1. The average molecular weight is 288 g/mol. The molecule has 2 aliphatic carbocycles. The van der Waals surface area contributed by atoms with E-state index in [1.807, 2.05) is 19.4 Å². The molecule has 1 aromatic rings. The van der Waals surface area contributed by atoms with Crippen LogP contribution < -0.4 is 5.73 Å². The number of nitrogens with zero attached hydrogens (tertiary/aromatic N) is 1. The van der Waals surface area contributed by atoms with Crippen LogP contribution in [0, 0.1) is 5.92 Å². The Kier molecular flexibility index (Phi) is 4.32. The topological polar surface area (TPSA) is 48.1 Å². The average Bonchev–Trinajstić information content (AvgIpc) is 2.55. The number of pyridine rings is 1. The third-order valence-corrected chi connectivity index (χ3v) is 5.81. The lowest BCUT2D eigenvalue weighted by molar-refractivity contribution is -0.0730. The van der Waals surface area contributed by atoms with E-state index in [9.17, 15) is 0 Å². The summed E-state index contributed by atoms with van der Waals surface area (Å²) >= 11 is 0. The molecule has 1 fully saturated rings. The molecular formula is C18H28N2O. The van der Waals surface area contributed by atoms with E-state index >= 15 is 0 Å². The predicted octanol–water partition coefficient (Wildman–Crippen LogP) is 3.42. The number of rotatable bonds is 3. The van der Waals surface area contributed by atoms with Crippen molar-refractivity contribution in [1.29, 1.82) is 0 Å². The van der Waals surface area contributed by atoms with Gasteiger partial charge in [-0.15, -0.1) is 0 Å². The summed E-state index contributed by atoms with van der Waals surface area (Å²) in [5, 5.41) is 0. The zero-order valence-electron chi connectivity index (χ0n) is 13.3. The van der Waals surface area contributed by atoms with Crippen molar-refractivity contribution in [1.82, 2.24) is 4.98 Å². The van der Waals surface area contributed by atoms with Crippen molar-refractivity contribution in [2.45, 2.75) is 69.4 Å². The third kappa shape index (κ3) is 2.74. The lowest BCUT2D eigenvalue weighted by Gasteiger charge is -2.46. The SMILES string of the molecule is COC1(C(N)C2CCCc3cccnc32)CCC(C)CC1. The largest absolute Gasteiger partial charge is 0.377 e. The zero-order chi connectivity index (χ0) is 14.9. The first-order chi connectivity index (χ1) is 10.2. The van der Waals surface area contributed by atoms with Gasteiger partial charge in [-0.2, -0.15) is 0 Å². The van der Waals surface area contributed by atoms with Gasteiger partial charge < -0.3 is 10.5 Å². The van der Waals surface area contributed by atoms with Crippen LogP contribution in [0.5, 0.6) is 0 Å². The summed E-state index contributed by atoms with van der Waals surface area (Å²) in [6.45, 7) is 2.34. The number of fused-ring (bicyclic) bond motifs is 1. The minimum absolute atomic E-state index is 0.0592. The number of hydrogen-bond acceptors (Lipinski definition) is 3. The zero-order valence-corrected chi connectivity index (χ0v) is 13.3. The minimum atomic E-state index is -0.149. The molecule has 1 aromatic heterocycles. The van der Waals surface area contributed by atoms with Crippen LogP contribution >= 0.6 is 0 Å². The van der Waals surface area contributed by atoms with Crippen molar-refractivity contribution in [3.05, 3.63) is 29.6 Å². The molecule has 0 aromatic carbocycles. The van der Waals surface area contributed by atoms with Crippen LogP contribution in [-0.2, 0) is 11.2 Å². The van der Waals surface area contributed by atoms with Crippen molar-refractivity contribution < 1.29 is 4.74 Å². The normalized spacial score (nSPS) is 34.2. The molecule has 3 nitrogen and oxygen atoms in total. The van der Waals surface area contributed by atoms with Gasteiger partial charge in [-0.25, -0.2) is 0 Å². The molecular weight excluding hydrogens is 260 g/mol. The van der Waals surface area contributed by atoms with Crippen LogP contribution in [0.25, 0.3) is 0 Å². The Morgan fingerprint density at radius 3 is 2.81 bits per heavy atom. The molecule has 0 saturated heterocycles. The maximum atomic E-state index is 6.76. The molecule has 2 N–H and O–H groups in total. The van der Waals surface area contributed by atoms with E-state index in [-0.39, 0.29) is 11.6 Å². The van der Waals surface area contributed by atoms with E-state index in [0.29, 0.717) is 5.92 Å². The number of hydrogen-bond donors (Lipinski definition) is 1. The van der Waals surface area contributed by atoms with E-state index in [1.165, 1.54) is 30.5 Å². The monoisotopic (exact) mass is 288 g/mol. The van der Waals surface area contributed by atoms with Gasteiger partial charge in [0.05, 0.1) is 5.60 Å². The summed E-state index contributed by atoms with van der Waals surface area (Å²) in [5.74, 6) is 1.15. The third-order valence-electron chi connectivity index (χ3n) is 5.81. The summed E-state index contributed by atoms with van der Waals surface area (Å²) in [5.41, 5.74) is 9.23. The molecule has 2 atom stereocenters. The van der Waals surface area contributed by atoms with E-state index in [1.54, 1.807) is 0 Å². The molecule has 3 heteroatoms. The Hall–Kier alpha value is -0.930. The summed E-state index contributed by atoms with van der Waals surface area (Å²) in [6, 6.07) is 4.31. The Bertz CT molecular complexity index is 480. The molecule has 0 bridgehead atoms. The number of aryl methyl sites for hydroxylation is 1. The van der Waals surface area contributed by atoms with E-state index in [4.69, 9.17) is 10.5 Å². The van der Waals surface area contributed by atoms with E-state index < -0.39 is 0 Å². The van der Waals surface area contributed by atoms with E-state index in [0.717, 1.165) is 31.6 Å². The fourth-order valence-electron chi connectivity index (χ4n) is 4.29. The molecule has 1 heterocycles. The highest BCUT2D eigenvalue weighted by molar-refractivity contribution is 5.28. The van der Waals surface area contributed by atoms with Gasteiger partial charge in [-0.3, -0.25) is 4.98 Å². The van der Waals surface area contributed by atoms with Gasteiger partial charge in [-0.05, 0) is 62.5 Å². The summed E-state index contributed by atoms with van der Waals surface area (Å²) in [7, 11) is 1.85. The quantitative estimate of drug-likeness (QED) is 0.927. The van der Waals surface area contributed by atoms with E-state index in [2.05, 4.69) is 18.0 Å². The highest BCUT2D eigenvalue weighted by atomic mass is 16.5. The first-order valence-corrected chi connectivity index (χ1v) is 8.41. The molecule has 116 valence electrons. The second-order valence-electron chi connectivity index (χ2n) is 7.02. The lowest BCUT2D eigenvalue weighted by Crippen LogP contribution is -2.55. The first-order valence-electron chi connectivity index (χ1n) is 8.41. The van der Waals surface area contributed by atoms with Crippen LogP contribution in [0.15, 0.2) is 18.3 Å². The van der Waals surface area contributed by atoms with Crippen LogP contribution in [0.1, 0.15) is 62.6 Å². The van der Waals surface area contributed by atoms with Crippen LogP contribution in [0.3, 0.4) is 0 Å². The number of ether oxygens (including phenoxy) is 1. The summed E-state index contributed by atoms with van der Waals surface area (Å²) in [4.78, 5) is 4.66. The van der Waals surface area contributed by atoms with Gasteiger partial charge in [0.2, 0.25) is 0 Å². The highest BCUT2D eigenvalue weighted by Gasteiger charge is 2.44. The highest BCUT2D eigenvalue weighted by Crippen LogP contribution is 2.43. The summed E-state index contributed by atoms with van der Waals surface area (Å²) < 4.78 is 6.00. The van der Waals surface area contributed by atoms with Crippen molar-refractivity contribution in [2.24, 2.45) is 11.7 Å². The minimum Gasteiger partial charge on any atom is -0.377 e. The molecule has 1 saturated carbocycles. The number of nitrogens with two attached hydrogens (primary N) is 1. The van der Waals surface area contributed by atoms with Gasteiger partial charge in [0.1, 0.15) is 0 Å². The van der Waals surface area contributed by atoms with Gasteiger partial charge in [0.25, 0.3) is 0 Å². The Morgan fingerprint density at radius 2 is 2.10 bits per heavy atom. The summed E-state index contributed by atoms with van der Waals surface area (Å²) in [6.07, 6.45) is 10.0. The van der Waals surface area contributed by atoms with Crippen LogP contribution in [-0.4, -0.2) is 23.7 Å². The first kappa shape index (κ1) is 15.0. The van der Waals surface area contributed by atoms with Crippen molar-refractivity contribution in [3.63, 3.8) is 0 Å². The molecule has 3 rings (SSSR count). The molecule has 2 aliphatic rings. The molecule has 0 amide bonds. The maximum absolute atomic E-state index is 6.76. The van der Waals surface area contributed by atoms with Crippen LogP contribution in [0.2, 0.25) is 0 Å². The Balaban J connectivity index is 1.86. The van der Waals surface area contributed by atoms with Gasteiger partial charge >= 0.3 is 0 Å². The van der Waals surface area contributed by atoms with Crippen LogP contribution in [0.4, 0.5) is 0 Å². The Labute approximate surface area is 128 Å². The van der Waals surface area contributed by atoms with Gasteiger partial charge in [0, 0.05) is 31.0 Å². The van der Waals surface area contributed by atoms with Gasteiger partial charge in [0.15, 0.2) is 0 Å². The predicted molar refractivity (Wildman–Crippen MR) is 85.3 cm³/mol. The van der Waals surface area contributed by atoms with Crippen molar-refractivity contribution >= 4 is 0 Å². The maximum Gasteiger partial charge on any atom is 0.0835 e. The molecule has 0 spiro atoms. The van der Waals surface area contributed by atoms with Crippen molar-refractivity contribution in [3.8, 4) is 0 Å². The Morgan fingerprint density at radius 1 is 1.33 bits per heavy atom. The second kappa shape index (κ2) is 6.05. The number of aromatic nitrogens is 1. The van der Waals surface area contributed by atoms with Gasteiger partial charge in [-0.1, -0.05) is 13.0 Å². The van der Waals surface area contributed by atoms with Crippen molar-refractivity contribution in [2.75, 3.05) is 7.11 Å². The molecule has 0 aliphatic heterocycles. The standard InChI is InChI=1S/C18H28N2O/c1-13-8-10-18(21-2,11-9-13)17(19)15-7-3-5-14-6-4-12-20-16(14)15/h4,6,12-13,15,17H,3,5,7-11,19H2,1-2H3. The lowest BCUT2D eigenvalue weighted by atomic mass is 9.69. The fraction of sp³-hybridized carbons (Fsp3) is 0.722. The molecule has 2 unspecified atom stereocenters. The molecule has 0 radical (unpaired) electrons. The molecule has 21 heavy (non-hydrogen) atoms. The fourth-order valence-corrected chi connectivity index (χ4v) is 4.29.